The third-order valence-electron chi connectivity index (χ3n) is 4.92. The molecule has 1 amide bonds. The number of hydrogen-bond acceptors (Lipinski definition) is 2. The molecule has 2 aliphatic heterocycles. The van der Waals surface area contributed by atoms with E-state index in [-0.39, 0.29) is 18.2 Å². The van der Waals surface area contributed by atoms with Crippen LogP contribution < -0.4 is 0 Å². The second kappa shape index (κ2) is 5.80. The maximum atomic E-state index is 12.9. The van der Waals surface area contributed by atoms with Crippen molar-refractivity contribution in [1.82, 2.24) is 9.80 Å². The lowest BCUT2D eigenvalue weighted by Crippen LogP contribution is -2.41. The van der Waals surface area contributed by atoms with E-state index in [2.05, 4.69) is 54.8 Å². The van der Waals surface area contributed by atoms with E-state index >= 15 is 0 Å². The highest BCUT2D eigenvalue weighted by Crippen LogP contribution is 2.38. The van der Waals surface area contributed by atoms with E-state index in [0.29, 0.717) is 11.8 Å². The predicted octanol–water partition coefficient (Wildman–Crippen LogP) is 3.43. The first kappa shape index (κ1) is 14.6. The van der Waals surface area contributed by atoms with Crippen LogP contribution in [-0.2, 0) is 4.79 Å². The minimum atomic E-state index is 0.139. The van der Waals surface area contributed by atoms with E-state index in [0.717, 1.165) is 19.4 Å². The van der Waals surface area contributed by atoms with Crippen LogP contribution >= 0.6 is 0 Å². The highest BCUT2D eigenvalue weighted by Gasteiger charge is 2.49. The molecule has 3 atom stereocenters. The van der Waals surface area contributed by atoms with Gasteiger partial charge in [0.15, 0.2) is 0 Å². The normalized spacial score (nSPS) is 27.4. The van der Waals surface area contributed by atoms with Crippen molar-refractivity contribution in [3.63, 3.8) is 0 Å². The lowest BCUT2D eigenvalue weighted by molar-refractivity contribution is -0.132. The van der Waals surface area contributed by atoms with Crippen molar-refractivity contribution in [2.75, 3.05) is 6.54 Å². The molecule has 1 aromatic carbocycles. The van der Waals surface area contributed by atoms with Gasteiger partial charge in [-0.15, -0.1) is 0 Å². The minimum Gasteiger partial charge on any atom is -0.319 e. The van der Waals surface area contributed by atoms with Gasteiger partial charge in [0.25, 0.3) is 0 Å². The Morgan fingerprint density at radius 3 is 2.57 bits per heavy atom. The zero-order chi connectivity index (χ0) is 15.0. The Balaban J connectivity index is 1.89. The molecule has 0 radical (unpaired) electrons. The Bertz CT molecular complexity index is 499. The van der Waals surface area contributed by atoms with Crippen LogP contribution in [0.25, 0.3) is 0 Å². The number of benzene rings is 1. The van der Waals surface area contributed by atoms with Gasteiger partial charge in [0, 0.05) is 6.54 Å². The third-order valence-corrected chi connectivity index (χ3v) is 4.92. The van der Waals surface area contributed by atoms with Crippen molar-refractivity contribution in [3.05, 3.63) is 35.9 Å². The van der Waals surface area contributed by atoms with Crippen molar-refractivity contribution in [3.8, 4) is 0 Å². The summed E-state index contributed by atoms with van der Waals surface area (Å²) in [6, 6.07) is 10.7. The number of hydrogen-bond donors (Lipinski definition) is 0. The molecule has 0 N–H and O–H groups in total. The number of carbonyl (C=O) groups excluding carboxylic acids is 1. The van der Waals surface area contributed by atoms with Crippen LogP contribution in [0.15, 0.2) is 30.3 Å². The van der Waals surface area contributed by atoms with Gasteiger partial charge < -0.3 is 4.90 Å². The Morgan fingerprint density at radius 1 is 1.19 bits per heavy atom. The van der Waals surface area contributed by atoms with E-state index < -0.39 is 0 Å². The zero-order valence-corrected chi connectivity index (χ0v) is 13.3. The molecule has 3 heteroatoms. The fourth-order valence-electron chi connectivity index (χ4n) is 3.90. The van der Waals surface area contributed by atoms with E-state index in [4.69, 9.17) is 0 Å². The van der Waals surface area contributed by atoms with Crippen LogP contribution in [0.4, 0.5) is 0 Å². The standard InChI is InChI=1S/C18H26N2O/c1-13(2)12-17-19-11-7-10-16(19)18(21)20(17)14(3)15-8-5-4-6-9-15/h4-6,8-9,13-14,16-17H,7,10-12H2,1-3H3/t14-,16-,17-/m0/s1. The molecule has 114 valence electrons. The van der Waals surface area contributed by atoms with Crippen molar-refractivity contribution >= 4 is 5.91 Å². The Kier molecular flexibility index (Phi) is 4.03. The van der Waals surface area contributed by atoms with E-state index in [9.17, 15) is 4.79 Å². The third kappa shape index (κ3) is 2.59. The summed E-state index contributed by atoms with van der Waals surface area (Å²) in [5.41, 5.74) is 1.24. The molecule has 0 spiro atoms. The van der Waals surface area contributed by atoms with Gasteiger partial charge in [-0.25, -0.2) is 0 Å². The lowest BCUT2D eigenvalue weighted by atomic mass is 10.0. The van der Waals surface area contributed by atoms with Crippen LogP contribution in [0.1, 0.15) is 51.6 Å². The second-order valence-electron chi connectivity index (χ2n) is 6.84. The molecule has 1 aromatic rings. The highest BCUT2D eigenvalue weighted by atomic mass is 16.2. The zero-order valence-electron chi connectivity index (χ0n) is 13.3. The summed E-state index contributed by atoms with van der Waals surface area (Å²) in [5, 5.41) is 0. The molecule has 0 saturated carbocycles. The second-order valence-corrected chi connectivity index (χ2v) is 6.84. The summed E-state index contributed by atoms with van der Waals surface area (Å²) in [7, 11) is 0. The fraction of sp³-hybridized carbons (Fsp3) is 0.611. The van der Waals surface area contributed by atoms with Gasteiger partial charge in [0.2, 0.25) is 5.91 Å². The van der Waals surface area contributed by atoms with Crippen molar-refractivity contribution in [2.24, 2.45) is 5.92 Å². The number of carbonyl (C=O) groups is 1. The minimum absolute atomic E-state index is 0.139. The summed E-state index contributed by atoms with van der Waals surface area (Å²) in [5.74, 6) is 0.946. The first-order chi connectivity index (χ1) is 10.1. The Labute approximate surface area is 127 Å². The van der Waals surface area contributed by atoms with Crippen molar-refractivity contribution in [1.29, 1.82) is 0 Å². The highest BCUT2D eigenvalue weighted by molar-refractivity contribution is 5.85. The van der Waals surface area contributed by atoms with Gasteiger partial charge in [0.05, 0.1) is 18.2 Å². The van der Waals surface area contributed by atoms with Gasteiger partial charge in [-0.2, -0.15) is 0 Å². The maximum Gasteiger partial charge on any atom is 0.241 e. The summed E-state index contributed by atoms with van der Waals surface area (Å²) in [6.07, 6.45) is 3.55. The molecular formula is C18H26N2O. The molecule has 21 heavy (non-hydrogen) atoms. The van der Waals surface area contributed by atoms with Crippen LogP contribution in [0.5, 0.6) is 0 Å². The topological polar surface area (TPSA) is 23.6 Å². The van der Waals surface area contributed by atoms with Crippen LogP contribution in [0, 0.1) is 5.92 Å². The van der Waals surface area contributed by atoms with Crippen molar-refractivity contribution in [2.45, 2.75) is 58.3 Å². The summed E-state index contributed by atoms with van der Waals surface area (Å²) >= 11 is 0. The Morgan fingerprint density at radius 2 is 1.90 bits per heavy atom. The molecule has 0 unspecified atom stereocenters. The number of amides is 1. The summed E-state index contributed by atoms with van der Waals surface area (Å²) in [6.45, 7) is 7.74. The molecule has 0 aromatic heterocycles. The molecular weight excluding hydrogens is 260 g/mol. The Hall–Kier alpha value is -1.35. The fourth-order valence-corrected chi connectivity index (χ4v) is 3.90. The molecule has 2 fully saturated rings. The number of fused-ring (bicyclic) bond motifs is 1. The van der Waals surface area contributed by atoms with Gasteiger partial charge >= 0.3 is 0 Å². The molecule has 0 bridgehead atoms. The lowest BCUT2D eigenvalue weighted by Gasteiger charge is -2.35. The van der Waals surface area contributed by atoms with Gasteiger partial charge in [0.1, 0.15) is 0 Å². The number of rotatable bonds is 4. The smallest absolute Gasteiger partial charge is 0.241 e. The van der Waals surface area contributed by atoms with Gasteiger partial charge in [-0.3, -0.25) is 9.69 Å². The van der Waals surface area contributed by atoms with Gasteiger partial charge in [-0.05, 0) is 37.7 Å². The van der Waals surface area contributed by atoms with E-state index in [1.54, 1.807) is 0 Å². The predicted molar refractivity (Wildman–Crippen MR) is 84.7 cm³/mol. The monoisotopic (exact) mass is 286 g/mol. The first-order valence-corrected chi connectivity index (χ1v) is 8.22. The van der Waals surface area contributed by atoms with Crippen LogP contribution in [0.2, 0.25) is 0 Å². The largest absolute Gasteiger partial charge is 0.319 e. The molecule has 3 rings (SSSR count). The molecule has 3 nitrogen and oxygen atoms in total. The van der Waals surface area contributed by atoms with E-state index in [1.165, 1.54) is 12.0 Å². The molecule has 2 saturated heterocycles. The maximum absolute atomic E-state index is 12.9. The van der Waals surface area contributed by atoms with Gasteiger partial charge in [-0.1, -0.05) is 44.2 Å². The first-order valence-electron chi connectivity index (χ1n) is 8.22. The average Bonchev–Trinajstić information content (AvgIpc) is 3.03. The SMILES string of the molecule is CC(C)C[C@H]1N2CCC[C@H]2C(=O)N1[C@@H](C)c1ccccc1. The molecule has 0 aliphatic carbocycles. The van der Waals surface area contributed by atoms with Crippen LogP contribution in [0.3, 0.4) is 0 Å². The quantitative estimate of drug-likeness (QED) is 0.846. The van der Waals surface area contributed by atoms with Crippen molar-refractivity contribution < 1.29 is 4.79 Å². The van der Waals surface area contributed by atoms with Crippen LogP contribution in [-0.4, -0.2) is 34.5 Å². The average molecular weight is 286 g/mol. The molecule has 2 aliphatic rings. The summed E-state index contributed by atoms with van der Waals surface area (Å²) in [4.78, 5) is 17.5. The number of nitrogens with zero attached hydrogens (tertiary/aromatic N) is 2. The molecule has 2 heterocycles. The summed E-state index contributed by atoms with van der Waals surface area (Å²) < 4.78 is 0. The van der Waals surface area contributed by atoms with E-state index in [1.807, 2.05) is 6.07 Å².